The van der Waals surface area contributed by atoms with E-state index < -0.39 is 5.92 Å². The molecule has 3 heteroatoms. The van der Waals surface area contributed by atoms with E-state index in [2.05, 4.69) is 33.8 Å². The Kier molecular flexibility index (Phi) is 8.45. The van der Waals surface area contributed by atoms with Crippen molar-refractivity contribution in [2.45, 2.75) is 66.3 Å². The molecule has 0 spiro atoms. The second kappa shape index (κ2) is 8.97. The van der Waals surface area contributed by atoms with E-state index in [1.165, 1.54) is 0 Å². The summed E-state index contributed by atoms with van der Waals surface area (Å²) in [6, 6.07) is 2.44. The molecule has 104 valence electrons. The fourth-order valence-corrected chi connectivity index (χ4v) is 2.27. The topological polar surface area (TPSA) is 44.1 Å². The van der Waals surface area contributed by atoms with E-state index in [0.717, 1.165) is 25.8 Å². The zero-order chi connectivity index (χ0) is 14.1. The predicted octanol–water partition coefficient (Wildman–Crippen LogP) is 3.60. The second-order valence-corrected chi connectivity index (χ2v) is 5.33. The van der Waals surface area contributed by atoms with Crippen LogP contribution in [0.5, 0.6) is 0 Å². The summed E-state index contributed by atoms with van der Waals surface area (Å²) in [6.07, 6.45) is 3.46. The molecule has 0 N–H and O–H groups in total. The van der Waals surface area contributed by atoms with Gasteiger partial charge in [0.2, 0.25) is 5.91 Å². The quantitative estimate of drug-likeness (QED) is 0.662. The average molecular weight is 252 g/mol. The van der Waals surface area contributed by atoms with Crippen LogP contribution in [0.15, 0.2) is 0 Å². The average Bonchev–Trinajstić information content (AvgIpc) is 2.35. The molecule has 0 saturated carbocycles. The van der Waals surface area contributed by atoms with Gasteiger partial charge in [-0.15, -0.1) is 0 Å². The van der Waals surface area contributed by atoms with Gasteiger partial charge in [0.1, 0.15) is 5.92 Å². The van der Waals surface area contributed by atoms with Gasteiger partial charge in [0, 0.05) is 12.6 Å². The highest BCUT2D eigenvalue weighted by atomic mass is 16.2. The van der Waals surface area contributed by atoms with Crippen LogP contribution in [0.25, 0.3) is 0 Å². The lowest BCUT2D eigenvalue weighted by atomic mass is 10.00. The predicted molar refractivity (Wildman–Crippen MR) is 74.9 cm³/mol. The summed E-state index contributed by atoms with van der Waals surface area (Å²) in [7, 11) is 0. The molecular weight excluding hydrogens is 224 g/mol. The Balaban J connectivity index is 4.93. The van der Waals surface area contributed by atoms with Crippen molar-refractivity contribution in [3.8, 4) is 6.07 Å². The fourth-order valence-electron chi connectivity index (χ4n) is 2.27. The van der Waals surface area contributed by atoms with Crippen molar-refractivity contribution in [1.82, 2.24) is 4.90 Å². The van der Waals surface area contributed by atoms with E-state index >= 15 is 0 Å². The van der Waals surface area contributed by atoms with Crippen LogP contribution < -0.4 is 0 Å². The first-order valence-corrected chi connectivity index (χ1v) is 7.21. The van der Waals surface area contributed by atoms with Crippen LogP contribution in [-0.2, 0) is 4.79 Å². The van der Waals surface area contributed by atoms with Crippen molar-refractivity contribution >= 4 is 5.91 Å². The van der Waals surface area contributed by atoms with Crippen molar-refractivity contribution in [2.24, 2.45) is 11.8 Å². The molecule has 0 fully saturated rings. The Hall–Kier alpha value is -1.04. The van der Waals surface area contributed by atoms with Crippen molar-refractivity contribution in [3.05, 3.63) is 0 Å². The molecule has 0 aliphatic rings. The molecular formula is C15H28N2O. The lowest BCUT2D eigenvalue weighted by molar-refractivity contribution is -0.137. The molecule has 0 aliphatic carbocycles. The minimum Gasteiger partial charge on any atom is -0.338 e. The molecule has 1 unspecified atom stereocenters. The maximum atomic E-state index is 12.5. The zero-order valence-corrected chi connectivity index (χ0v) is 12.6. The number of amides is 1. The molecule has 1 atom stereocenters. The van der Waals surface area contributed by atoms with E-state index in [4.69, 9.17) is 5.26 Å². The minimum atomic E-state index is -0.464. The Bertz CT molecular complexity index is 277. The molecule has 0 saturated heterocycles. The Morgan fingerprint density at radius 3 is 2.11 bits per heavy atom. The fraction of sp³-hybridized carbons (Fsp3) is 0.867. The van der Waals surface area contributed by atoms with Crippen molar-refractivity contribution in [1.29, 1.82) is 5.26 Å². The molecule has 0 aromatic carbocycles. The lowest BCUT2D eigenvalue weighted by Crippen LogP contribution is -2.44. The van der Waals surface area contributed by atoms with Crippen LogP contribution in [0, 0.1) is 23.2 Å². The van der Waals surface area contributed by atoms with Crippen LogP contribution in [0.1, 0.15) is 60.3 Å². The number of hydrogen-bond acceptors (Lipinski definition) is 2. The Morgan fingerprint density at radius 2 is 1.78 bits per heavy atom. The number of nitrogens with zero attached hydrogens (tertiary/aromatic N) is 2. The minimum absolute atomic E-state index is 0.0294. The first-order chi connectivity index (χ1) is 8.51. The summed E-state index contributed by atoms with van der Waals surface area (Å²) in [4.78, 5) is 14.4. The van der Waals surface area contributed by atoms with Crippen LogP contribution in [0.2, 0.25) is 0 Å². The molecule has 18 heavy (non-hydrogen) atoms. The van der Waals surface area contributed by atoms with E-state index in [1.54, 1.807) is 0 Å². The Morgan fingerprint density at radius 1 is 1.22 bits per heavy atom. The molecule has 3 nitrogen and oxygen atoms in total. The third-order valence-electron chi connectivity index (χ3n) is 3.26. The van der Waals surface area contributed by atoms with Gasteiger partial charge in [-0.25, -0.2) is 0 Å². The molecule has 0 bridgehead atoms. The summed E-state index contributed by atoms with van der Waals surface area (Å²) >= 11 is 0. The summed E-state index contributed by atoms with van der Waals surface area (Å²) in [5.41, 5.74) is 0. The van der Waals surface area contributed by atoms with Crippen molar-refractivity contribution < 1.29 is 4.79 Å². The number of rotatable bonds is 8. The van der Waals surface area contributed by atoms with Gasteiger partial charge in [-0.2, -0.15) is 5.26 Å². The summed E-state index contributed by atoms with van der Waals surface area (Å²) < 4.78 is 0. The van der Waals surface area contributed by atoms with Crippen molar-refractivity contribution in [3.63, 3.8) is 0 Å². The summed E-state index contributed by atoms with van der Waals surface area (Å²) in [6.45, 7) is 11.2. The third kappa shape index (κ3) is 5.08. The van der Waals surface area contributed by atoms with Crippen LogP contribution in [-0.4, -0.2) is 23.4 Å². The standard InChI is InChI=1S/C15H28N2O/c1-6-9-13(10-16)15(18)17(11-12(4)5)14(7-2)8-3/h12-14H,6-9,11H2,1-5H3. The monoisotopic (exact) mass is 252 g/mol. The van der Waals surface area contributed by atoms with Crippen LogP contribution >= 0.6 is 0 Å². The highest BCUT2D eigenvalue weighted by molar-refractivity contribution is 5.81. The maximum absolute atomic E-state index is 12.5. The normalized spacial score (nSPS) is 12.6. The van der Waals surface area contributed by atoms with Gasteiger partial charge in [-0.3, -0.25) is 4.79 Å². The van der Waals surface area contributed by atoms with Gasteiger partial charge in [-0.05, 0) is 25.2 Å². The molecule has 0 aliphatic heterocycles. The number of carbonyl (C=O) groups is 1. The third-order valence-corrected chi connectivity index (χ3v) is 3.26. The maximum Gasteiger partial charge on any atom is 0.240 e. The summed E-state index contributed by atoms with van der Waals surface area (Å²) in [5, 5.41) is 9.14. The molecule has 0 heterocycles. The van der Waals surface area contributed by atoms with E-state index in [0.29, 0.717) is 12.3 Å². The first-order valence-electron chi connectivity index (χ1n) is 7.21. The molecule has 1 amide bonds. The molecule has 0 rings (SSSR count). The number of hydrogen-bond donors (Lipinski definition) is 0. The molecule has 0 radical (unpaired) electrons. The van der Waals surface area contributed by atoms with Gasteiger partial charge in [-0.1, -0.05) is 41.0 Å². The second-order valence-electron chi connectivity index (χ2n) is 5.33. The largest absolute Gasteiger partial charge is 0.338 e. The SMILES string of the molecule is CCCC(C#N)C(=O)N(CC(C)C)C(CC)CC. The van der Waals surface area contributed by atoms with Gasteiger partial charge in [0.05, 0.1) is 6.07 Å². The van der Waals surface area contributed by atoms with E-state index in [1.807, 2.05) is 11.8 Å². The highest BCUT2D eigenvalue weighted by Gasteiger charge is 2.28. The van der Waals surface area contributed by atoms with Gasteiger partial charge in [0.25, 0.3) is 0 Å². The first kappa shape index (κ1) is 17.0. The van der Waals surface area contributed by atoms with E-state index in [-0.39, 0.29) is 11.9 Å². The van der Waals surface area contributed by atoms with Gasteiger partial charge >= 0.3 is 0 Å². The van der Waals surface area contributed by atoms with Gasteiger partial charge in [0.15, 0.2) is 0 Å². The van der Waals surface area contributed by atoms with Crippen LogP contribution in [0.3, 0.4) is 0 Å². The van der Waals surface area contributed by atoms with Gasteiger partial charge < -0.3 is 4.90 Å². The van der Waals surface area contributed by atoms with E-state index in [9.17, 15) is 4.79 Å². The lowest BCUT2D eigenvalue weighted by Gasteiger charge is -2.33. The number of nitriles is 1. The smallest absolute Gasteiger partial charge is 0.240 e. The number of carbonyl (C=O) groups excluding carboxylic acids is 1. The zero-order valence-electron chi connectivity index (χ0n) is 12.6. The highest BCUT2D eigenvalue weighted by Crippen LogP contribution is 2.17. The summed E-state index contributed by atoms with van der Waals surface area (Å²) in [5.74, 6) is 0.00613. The molecule has 0 aromatic heterocycles. The van der Waals surface area contributed by atoms with Crippen LogP contribution in [0.4, 0.5) is 0 Å². The van der Waals surface area contributed by atoms with Crippen molar-refractivity contribution in [2.75, 3.05) is 6.54 Å². The molecule has 0 aromatic rings. The Labute approximate surface area is 112 Å².